The molecule has 0 radical (unpaired) electrons. The topological polar surface area (TPSA) is 60.2 Å². The summed E-state index contributed by atoms with van der Waals surface area (Å²) in [5.74, 6) is 0.869. The summed E-state index contributed by atoms with van der Waals surface area (Å²) < 4.78 is 13.3. The van der Waals surface area contributed by atoms with Crippen molar-refractivity contribution in [3.05, 3.63) is 24.1 Å². The van der Waals surface area contributed by atoms with Crippen LogP contribution < -0.4 is 4.90 Å². The van der Waals surface area contributed by atoms with E-state index < -0.39 is 5.95 Å². The van der Waals surface area contributed by atoms with Crippen molar-refractivity contribution < 1.29 is 9.18 Å². The van der Waals surface area contributed by atoms with Gasteiger partial charge in [0.15, 0.2) is 0 Å². The zero-order chi connectivity index (χ0) is 19.5. The monoisotopic (exact) mass is 374 g/mol. The van der Waals surface area contributed by atoms with Crippen LogP contribution in [0.3, 0.4) is 0 Å². The molecule has 1 unspecified atom stereocenters. The number of anilines is 1. The second-order valence-corrected chi connectivity index (χ2v) is 7.42. The first-order valence-corrected chi connectivity index (χ1v) is 10.1. The molecule has 0 spiro atoms. The molecular weight excluding hydrogens is 343 g/mol. The van der Waals surface area contributed by atoms with Crippen molar-refractivity contribution in [1.82, 2.24) is 9.88 Å². The first kappa shape index (κ1) is 21.1. The number of piperidine rings is 1. The zero-order valence-electron chi connectivity index (χ0n) is 16.3. The minimum Gasteiger partial charge on any atom is -0.356 e. The number of hydrogen-bond donors (Lipinski definition) is 0. The van der Waals surface area contributed by atoms with Crippen LogP contribution in [0.5, 0.6) is 0 Å². The van der Waals surface area contributed by atoms with E-state index in [1.165, 1.54) is 38.7 Å². The predicted molar refractivity (Wildman–Crippen MR) is 105 cm³/mol. The number of carbonyl (C=O) groups excluding carboxylic acids is 1. The summed E-state index contributed by atoms with van der Waals surface area (Å²) in [6, 6.07) is 7.18. The van der Waals surface area contributed by atoms with E-state index in [0.717, 1.165) is 57.5 Å². The van der Waals surface area contributed by atoms with Crippen molar-refractivity contribution in [2.75, 3.05) is 24.5 Å². The van der Waals surface area contributed by atoms with E-state index in [4.69, 9.17) is 5.26 Å². The minimum atomic E-state index is -0.418. The third-order valence-electron chi connectivity index (χ3n) is 5.52. The van der Waals surface area contributed by atoms with E-state index in [-0.39, 0.29) is 0 Å². The summed E-state index contributed by atoms with van der Waals surface area (Å²) in [6.07, 6.45) is 10.5. The van der Waals surface area contributed by atoms with Crippen molar-refractivity contribution in [2.24, 2.45) is 5.92 Å². The Bertz CT molecular complexity index is 612. The fourth-order valence-electron chi connectivity index (χ4n) is 4.15. The molecule has 148 valence electrons. The zero-order valence-corrected chi connectivity index (χ0v) is 16.3. The van der Waals surface area contributed by atoms with E-state index >= 15 is 0 Å². The maximum atomic E-state index is 13.3. The van der Waals surface area contributed by atoms with Crippen LogP contribution in [0.2, 0.25) is 0 Å². The third-order valence-corrected chi connectivity index (χ3v) is 5.52. The van der Waals surface area contributed by atoms with Gasteiger partial charge in [-0.15, -0.1) is 0 Å². The molecule has 27 heavy (non-hydrogen) atoms. The Morgan fingerprint density at radius 3 is 2.70 bits per heavy atom. The molecule has 1 saturated carbocycles. The highest BCUT2D eigenvalue weighted by Crippen LogP contribution is 2.26. The molecule has 0 bridgehead atoms. The third kappa shape index (κ3) is 6.82. The molecule has 2 heterocycles. The lowest BCUT2D eigenvalue weighted by Crippen LogP contribution is -2.40. The molecule has 0 N–H and O–H groups in total. The molecular formula is C21H31FN4O. The number of nitriles is 1. The number of nitrogens with zero attached hydrogens (tertiary/aromatic N) is 4. The largest absolute Gasteiger partial charge is 0.356 e. The Morgan fingerprint density at radius 2 is 2.04 bits per heavy atom. The molecule has 3 rings (SSSR count). The molecule has 2 fully saturated rings. The van der Waals surface area contributed by atoms with Crippen molar-refractivity contribution >= 4 is 12.2 Å². The van der Waals surface area contributed by atoms with Gasteiger partial charge in [-0.2, -0.15) is 9.65 Å². The summed E-state index contributed by atoms with van der Waals surface area (Å²) in [5.41, 5.74) is 0. The first-order valence-electron chi connectivity index (χ1n) is 10.1. The van der Waals surface area contributed by atoms with Gasteiger partial charge in [-0.1, -0.05) is 25.3 Å². The van der Waals surface area contributed by atoms with Crippen LogP contribution in [0.15, 0.2) is 18.2 Å². The van der Waals surface area contributed by atoms with Crippen LogP contribution in [0.4, 0.5) is 10.2 Å². The highest BCUT2D eigenvalue weighted by Gasteiger charge is 2.24. The number of aromatic nitrogens is 1. The Labute approximate surface area is 162 Å². The van der Waals surface area contributed by atoms with Gasteiger partial charge in [0.1, 0.15) is 5.82 Å². The molecule has 1 amide bonds. The van der Waals surface area contributed by atoms with Crippen LogP contribution in [0, 0.1) is 23.2 Å². The Morgan fingerprint density at radius 1 is 1.30 bits per heavy atom. The van der Waals surface area contributed by atoms with E-state index in [2.05, 4.69) is 9.88 Å². The molecule has 1 aromatic heterocycles. The molecule has 5 nitrogen and oxygen atoms in total. The number of pyridine rings is 1. The van der Waals surface area contributed by atoms with Crippen molar-refractivity contribution in [2.45, 2.75) is 64.3 Å². The molecule has 6 heteroatoms. The van der Waals surface area contributed by atoms with Gasteiger partial charge in [-0.25, -0.2) is 4.98 Å². The molecule has 1 aliphatic carbocycles. The number of rotatable bonds is 6. The quantitative estimate of drug-likeness (QED) is 0.554. The molecule has 2 aliphatic rings. The van der Waals surface area contributed by atoms with Crippen LogP contribution in [-0.2, 0) is 4.79 Å². The standard InChI is InChI=1S/C19H28FN3O.C2H3N/c20-18-9-4-10-19(21-18)22-12-5-6-16(14-22)11-13-23(15-24)17-7-2-1-3-8-17;1-2-3/h4,9-10,15-17H,1-3,5-8,11-14H2;1H3. The van der Waals surface area contributed by atoms with Gasteiger partial charge < -0.3 is 9.80 Å². The second kappa shape index (κ2) is 11.5. The average Bonchev–Trinajstić information content (AvgIpc) is 2.70. The number of amides is 1. The smallest absolute Gasteiger partial charge is 0.214 e. The number of hydrogen-bond acceptors (Lipinski definition) is 4. The van der Waals surface area contributed by atoms with Gasteiger partial charge in [-0.3, -0.25) is 4.79 Å². The maximum Gasteiger partial charge on any atom is 0.214 e. The van der Waals surface area contributed by atoms with Gasteiger partial charge in [0, 0.05) is 32.6 Å². The maximum absolute atomic E-state index is 13.3. The van der Waals surface area contributed by atoms with E-state index in [0.29, 0.717) is 12.0 Å². The van der Waals surface area contributed by atoms with Gasteiger partial charge in [0.25, 0.3) is 0 Å². The molecule has 1 saturated heterocycles. The number of halogens is 1. The van der Waals surface area contributed by atoms with Crippen molar-refractivity contribution in [1.29, 1.82) is 5.26 Å². The summed E-state index contributed by atoms with van der Waals surface area (Å²) in [4.78, 5) is 19.7. The lowest BCUT2D eigenvalue weighted by Gasteiger charge is -2.36. The van der Waals surface area contributed by atoms with E-state index in [1.54, 1.807) is 12.1 Å². The highest BCUT2D eigenvalue weighted by atomic mass is 19.1. The SMILES string of the molecule is CC#N.O=CN(CCC1CCCN(c2cccc(F)n2)C1)C1CCCCC1. The fraction of sp³-hybridized carbons (Fsp3) is 0.667. The van der Waals surface area contributed by atoms with Crippen molar-refractivity contribution in [3.8, 4) is 6.07 Å². The Hall–Kier alpha value is -2.16. The summed E-state index contributed by atoms with van der Waals surface area (Å²) in [6.45, 7) is 4.13. The lowest BCUT2D eigenvalue weighted by molar-refractivity contribution is -0.121. The average molecular weight is 375 g/mol. The van der Waals surface area contributed by atoms with Crippen molar-refractivity contribution in [3.63, 3.8) is 0 Å². The van der Waals surface area contributed by atoms with E-state index in [1.807, 2.05) is 11.0 Å². The predicted octanol–water partition coefficient (Wildman–Crippen LogP) is 4.15. The van der Waals surface area contributed by atoms with Gasteiger partial charge >= 0.3 is 0 Å². The summed E-state index contributed by atoms with van der Waals surface area (Å²) in [7, 11) is 0. The molecule has 1 atom stereocenters. The van der Waals surface area contributed by atoms with Gasteiger partial charge in [0.2, 0.25) is 12.4 Å². The minimum absolute atomic E-state index is 0.418. The molecule has 1 aliphatic heterocycles. The first-order chi connectivity index (χ1) is 13.2. The molecule has 1 aromatic rings. The normalized spacial score (nSPS) is 20.2. The summed E-state index contributed by atoms with van der Waals surface area (Å²) >= 11 is 0. The summed E-state index contributed by atoms with van der Waals surface area (Å²) in [5, 5.41) is 7.32. The van der Waals surface area contributed by atoms with Crippen LogP contribution >= 0.6 is 0 Å². The van der Waals surface area contributed by atoms with Crippen LogP contribution in [0.25, 0.3) is 0 Å². The Kier molecular flexibility index (Phi) is 9.03. The van der Waals surface area contributed by atoms with Crippen LogP contribution in [0.1, 0.15) is 58.3 Å². The Balaban J connectivity index is 0.000000817. The van der Waals surface area contributed by atoms with Gasteiger partial charge in [0.05, 0.1) is 6.07 Å². The molecule has 0 aromatic carbocycles. The van der Waals surface area contributed by atoms with E-state index in [9.17, 15) is 9.18 Å². The number of carbonyl (C=O) groups is 1. The van der Waals surface area contributed by atoms with Gasteiger partial charge in [-0.05, 0) is 50.2 Å². The fourth-order valence-corrected chi connectivity index (χ4v) is 4.15. The highest BCUT2D eigenvalue weighted by molar-refractivity contribution is 5.47. The second-order valence-electron chi connectivity index (χ2n) is 7.42. The lowest BCUT2D eigenvalue weighted by atomic mass is 9.92. The van der Waals surface area contributed by atoms with Crippen LogP contribution in [-0.4, -0.2) is 42.0 Å².